The van der Waals surface area contributed by atoms with Gasteiger partial charge >= 0.3 is 0 Å². The number of aliphatic hydroxyl groups is 1. The van der Waals surface area contributed by atoms with Crippen LogP contribution in [-0.2, 0) is 4.79 Å². The number of halogens is 1. The van der Waals surface area contributed by atoms with Gasteiger partial charge in [-0.2, -0.15) is 0 Å². The van der Waals surface area contributed by atoms with Gasteiger partial charge in [-0.05, 0) is 42.9 Å². The van der Waals surface area contributed by atoms with E-state index in [0.29, 0.717) is 6.54 Å². The summed E-state index contributed by atoms with van der Waals surface area (Å²) in [7, 11) is 0. The number of hydrogen-bond donors (Lipinski definition) is 2. The van der Waals surface area contributed by atoms with E-state index in [1.165, 1.54) is 12.1 Å². The second-order valence-electron chi connectivity index (χ2n) is 4.89. The lowest BCUT2D eigenvalue weighted by Crippen LogP contribution is -2.31. The third-order valence-electron chi connectivity index (χ3n) is 3.62. The van der Waals surface area contributed by atoms with E-state index in [9.17, 15) is 14.3 Å². The van der Waals surface area contributed by atoms with Gasteiger partial charge in [0.2, 0.25) is 0 Å². The van der Waals surface area contributed by atoms with Crippen molar-refractivity contribution < 1.29 is 14.3 Å². The van der Waals surface area contributed by atoms with E-state index in [2.05, 4.69) is 17.2 Å². The van der Waals surface area contributed by atoms with Gasteiger partial charge in [0.15, 0.2) is 0 Å². The Hall–Kier alpha value is -1.86. The van der Waals surface area contributed by atoms with Crippen molar-refractivity contribution in [2.75, 3.05) is 13.2 Å². The van der Waals surface area contributed by atoms with Crippen LogP contribution in [-0.4, -0.2) is 24.2 Å². The number of nitrogens with one attached hydrogen (secondary N) is 1. The van der Waals surface area contributed by atoms with Crippen LogP contribution >= 0.6 is 0 Å². The Morgan fingerprint density at radius 3 is 2.79 bits per heavy atom. The molecule has 0 heterocycles. The average molecular weight is 261 g/mol. The molecule has 0 aliphatic heterocycles. The summed E-state index contributed by atoms with van der Waals surface area (Å²) < 4.78 is 12.9. The zero-order chi connectivity index (χ0) is 13.9. The maximum absolute atomic E-state index is 12.9. The number of carbonyl (C=O) groups excluding carboxylic acids is 1. The molecule has 1 fully saturated rings. The molecule has 0 radical (unpaired) electrons. The van der Waals surface area contributed by atoms with Crippen LogP contribution in [0.15, 0.2) is 24.3 Å². The lowest BCUT2D eigenvalue weighted by Gasteiger charge is -2.14. The lowest BCUT2D eigenvalue weighted by molar-refractivity contribution is -0.116. The number of hydrogen-bond acceptors (Lipinski definition) is 2. The average Bonchev–Trinajstić information content (AvgIpc) is 3.13. The molecule has 0 saturated heterocycles. The lowest BCUT2D eigenvalue weighted by atomic mass is 10.00. The maximum Gasteiger partial charge on any atom is 0.295 e. The molecule has 1 saturated carbocycles. The first-order chi connectivity index (χ1) is 9.11. The molecule has 1 aliphatic carbocycles. The number of aliphatic hydroxyl groups excluding tert-OH is 1. The van der Waals surface area contributed by atoms with Gasteiger partial charge < -0.3 is 10.4 Å². The topological polar surface area (TPSA) is 49.3 Å². The van der Waals surface area contributed by atoms with Crippen molar-refractivity contribution in [2.24, 2.45) is 5.41 Å². The van der Waals surface area contributed by atoms with Crippen LogP contribution in [0.2, 0.25) is 0 Å². The van der Waals surface area contributed by atoms with Crippen LogP contribution in [0.5, 0.6) is 0 Å². The van der Waals surface area contributed by atoms with Crippen LogP contribution in [0.4, 0.5) is 4.39 Å². The minimum absolute atomic E-state index is 0.00508. The Balaban J connectivity index is 2.00. The number of amides is 1. The Kier molecular flexibility index (Phi) is 3.87. The normalized spacial score (nSPS) is 24.3. The summed E-state index contributed by atoms with van der Waals surface area (Å²) in [4.78, 5) is 11.3. The van der Waals surface area contributed by atoms with Gasteiger partial charge in [0.1, 0.15) is 5.82 Å². The molecule has 0 bridgehead atoms. The highest BCUT2D eigenvalue weighted by atomic mass is 19.1. The molecule has 2 atom stereocenters. The molecule has 4 heteroatoms. The largest absolute Gasteiger partial charge is 0.396 e. The summed E-state index contributed by atoms with van der Waals surface area (Å²) in [5, 5.41) is 12.2. The Labute approximate surface area is 111 Å². The number of carbonyl (C=O) groups is 1. The zero-order valence-corrected chi connectivity index (χ0v) is 10.7. The molecular formula is C15H16FNO2. The third-order valence-corrected chi connectivity index (χ3v) is 3.62. The smallest absolute Gasteiger partial charge is 0.295 e. The highest BCUT2D eigenvalue weighted by Crippen LogP contribution is 2.58. The Bertz CT molecular complexity index is 529. The minimum atomic E-state index is -0.333. The van der Waals surface area contributed by atoms with E-state index < -0.39 is 0 Å². The molecular weight excluding hydrogens is 245 g/mol. The van der Waals surface area contributed by atoms with E-state index in [0.717, 1.165) is 12.0 Å². The molecule has 0 aromatic heterocycles. The van der Waals surface area contributed by atoms with Gasteiger partial charge in [-0.1, -0.05) is 18.1 Å². The van der Waals surface area contributed by atoms with Gasteiger partial charge in [0.25, 0.3) is 5.91 Å². The zero-order valence-electron chi connectivity index (χ0n) is 10.7. The summed E-state index contributed by atoms with van der Waals surface area (Å²) in [5.74, 6) is 4.48. The SMILES string of the molecule is CC#CC(=O)NCC1(CO)CC1c1ccc(F)cc1. The van der Waals surface area contributed by atoms with Crippen molar-refractivity contribution in [3.8, 4) is 11.8 Å². The molecule has 3 nitrogen and oxygen atoms in total. The van der Waals surface area contributed by atoms with Gasteiger partial charge in [-0.25, -0.2) is 4.39 Å². The molecule has 2 rings (SSSR count). The first-order valence-electron chi connectivity index (χ1n) is 6.18. The number of benzene rings is 1. The molecule has 2 unspecified atom stereocenters. The fourth-order valence-corrected chi connectivity index (χ4v) is 2.35. The summed E-state index contributed by atoms with van der Waals surface area (Å²) in [5.41, 5.74) is 0.661. The highest BCUT2D eigenvalue weighted by molar-refractivity contribution is 5.93. The molecule has 0 spiro atoms. The van der Waals surface area contributed by atoms with E-state index in [1.54, 1.807) is 19.1 Å². The standard InChI is InChI=1S/C15H16FNO2/c1-2-3-14(19)17-9-15(10-18)8-13(15)11-4-6-12(16)7-5-11/h4-7,13,18H,8-10H2,1H3,(H,17,19). The quantitative estimate of drug-likeness (QED) is 0.806. The molecule has 2 N–H and O–H groups in total. The fraction of sp³-hybridized carbons (Fsp3) is 0.400. The Morgan fingerprint density at radius 2 is 2.21 bits per heavy atom. The van der Waals surface area contributed by atoms with Gasteiger partial charge in [0.05, 0.1) is 6.61 Å². The van der Waals surface area contributed by atoms with Crippen molar-refractivity contribution in [1.29, 1.82) is 0 Å². The van der Waals surface area contributed by atoms with Crippen LogP contribution in [0.25, 0.3) is 0 Å². The van der Waals surface area contributed by atoms with Crippen LogP contribution in [0.3, 0.4) is 0 Å². The predicted octanol–water partition coefficient (Wildman–Crippen LogP) is 1.43. The second kappa shape index (κ2) is 5.41. The molecule has 1 amide bonds. The predicted molar refractivity (Wildman–Crippen MR) is 69.7 cm³/mol. The van der Waals surface area contributed by atoms with Gasteiger partial charge in [0, 0.05) is 12.0 Å². The van der Waals surface area contributed by atoms with Crippen molar-refractivity contribution in [2.45, 2.75) is 19.3 Å². The maximum atomic E-state index is 12.9. The summed E-state index contributed by atoms with van der Waals surface area (Å²) in [6, 6.07) is 6.28. The molecule has 100 valence electrons. The van der Waals surface area contributed by atoms with Crippen molar-refractivity contribution >= 4 is 5.91 Å². The van der Waals surface area contributed by atoms with Crippen molar-refractivity contribution in [3.63, 3.8) is 0 Å². The fourth-order valence-electron chi connectivity index (χ4n) is 2.35. The van der Waals surface area contributed by atoms with E-state index in [1.807, 2.05) is 0 Å². The molecule has 19 heavy (non-hydrogen) atoms. The molecule has 1 aromatic rings. The van der Waals surface area contributed by atoms with E-state index >= 15 is 0 Å². The van der Waals surface area contributed by atoms with Crippen molar-refractivity contribution in [1.82, 2.24) is 5.32 Å². The Morgan fingerprint density at radius 1 is 1.53 bits per heavy atom. The summed E-state index contributed by atoms with van der Waals surface area (Å²) in [6.07, 6.45) is 0.787. The van der Waals surface area contributed by atoms with E-state index in [4.69, 9.17) is 0 Å². The van der Waals surface area contributed by atoms with Crippen LogP contribution in [0, 0.1) is 23.1 Å². The summed E-state index contributed by atoms with van der Waals surface area (Å²) in [6.45, 7) is 1.98. The third kappa shape index (κ3) is 2.94. The minimum Gasteiger partial charge on any atom is -0.396 e. The first kappa shape index (κ1) is 13.6. The van der Waals surface area contributed by atoms with Crippen molar-refractivity contribution in [3.05, 3.63) is 35.6 Å². The van der Waals surface area contributed by atoms with E-state index in [-0.39, 0.29) is 29.7 Å². The van der Waals surface area contributed by atoms with Crippen LogP contribution < -0.4 is 5.32 Å². The monoisotopic (exact) mass is 261 g/mol. The van der Waals surface area contributed by atoms with Gasteiger partial charge in [-0.15, -0.1) is 0 Å². The number of rotatable bonds is 4. The first-order valence-corrected chi connectivity index (χ1v) is 6.18. The molecule has 1 aromatic carbocycles. The second-order valence-corrected chi connectivity index (χ2v) is 4.89. The summed E-state index contributed by atoms with van der Waals surface area (Å²) >= 11 is 0. The highest BCUT2D eigenvalue weighted by Gasteiger charge is 2.54. The van der Waals surface area contributed by atoms with Gasteiger partial charge in [-0.3, -0.25) is 4.79 Å². The molecule has 1 aliphatic rings. The van der Waals surface area contributed by atoms with Crippen LogP contribution in [0.1, 0.15) is 24.8 Å².